The predicted molar refractivity (Wildman–Crippen MR) is 91.4 cm³/mol. The van der Waals surface area contributed by atoms with E-state index in [1.54, 1.807) is 11.3 Å². The highest BCUT2D eigenvalue weighted by molar-refractivity contribution is 7.08. The van der Waals surface area contributed by atoms with Gasteiger partial charge in [-0.05, 0) is 48.9 Å². The molecule has 1 unspecified atom stereocenters. The molecule has 0 radical (unpaired) electrons. The lowest BCUT2D eigenvalue weighted by Crippen LogP contribution is -2.20. The van der Waals surface area contributed by atoms with Crippen molar-refractivity contribution in [2.75, 3.05) is 13.1 Å². The summed E-state index contributed by atoms with van der Waals surface area (Å²) in [6.07, 6.45) is 5.01. The second-order valence-corrected chi connectivity index (χ2v) is 6.82. The first-order valence-corrected chi connectivity index (χ1v) is 8.85. The molecule has 4 nitrogen and oxygen atoms in total. The van der Waals surface area contributed by atoms with Crippen LogP contribution in [0.15, 0.2) is 45.8 Å². The highest BCUT2D eigenvalue weighted by atomic mass is 32.1. The van der Waals surface area contributed by atoms with Crippen molar-refractivity contribution in [1.82, 2.24) is 14.9 Å². The summed E-state index contributed by atoms with van der Waals surface area (Å²) >= 11 is 1.66. The van der Waals surface area contributed by atoms with Crippen molar-refractivity contribution in [1.29, 1.82) is 0 Å². The van der Waals surface area contributed by atoms with E-state index in [-0.39, 0.29) is 0 Å². The van der Waals surface area contributed by atoms with E-state index in [1.165, 1.54) is 12.0 Å². The van der Waals surface area contributed by atoms with Gasteiger partial charge in [0.1, 0.15) is 5.76 Å². The maximum absolute atomic E-state index is 5.84. The van der Waals surface area contributed by atoms with Gasteiger partial charge in [-0.25, -0.2) is 4.98 Å². The number of oxazole rings is 1. The van der Waals surface area contributed by atoms with Crippen molar-refractivity contribution in [2.45, 2.75) is 25.8 Å². The van der Waals surface area contributed by atoms with E-state index in [1.807, 2.05) is 36.8 Å². The number of aromatic nitrogens is 2. The van der Waals surface area contributed by atoms with E-state index >= 15 is 0 Å². The molecule has 1 saturated heterocycles. The van der Waals surface area contributed by atoms with E-state index in [4.69, 9.17) is 9.40 Å². The maximum Gasteiger partial charge on any atom is 0.227 e. The fourth-order valence-electron chi connectivity index (χ4n) is 3.16. The van der Waals surface area contributed by atoms with Crippen LogP contribution in [0.4, 0.5) is 0 Å². The first kappa shape index (κ1) is 14.6. The van der Waals surface area contributed by atoms with E-state index in [2.05, 4.69) is 21.3 Å². The fourth-order valence-corrected chi connectivity index (χ4v) is 3.79. The summed E-state index contributed by atoms with van der Waals surface area (Å²) in [5.41, 5.74) is 3.46. The monoisotopic (exact) mass is 325 g/mol. The normalized spacial score (nSPS) is 18.6. The average Bonchev–Trinajstić information content (AvgIpc) is 3.31. The van der Waals surface area contributed by atoms with Crippen molar-refractivity contribution in [2.24, 2.45) is 0 Å². The Bertz CT molecular complexity index is 767. The molecule has 0 aromatic carbocycles. The van der Waals surface area contributed by atoms with Gasteiger partial charge in [0, 0.05) is 36.4 Å². The van der Waals surface area contributed by atoms with Crippen LogP contribution in [0.25, 0.3) is 11.5 Å². The van der Waals surface area contributed by atoms with Gasteiger partial charge in [-0.1, -0.05) is 6.07 Å². The smallest absolute Gasteiger partial charge is 0.227 e. The minimum Gasteiger partial charge on any atom is -0.441 e. The third-order valence-electron chi connectivity index (χ3n) is 4.46. The molecule has 0 saturated carbocycles. The Morgan fingerprint density at radius 1 is 1.39 bits per heavy atom. The van der Waals surface area contributed by atoms with Crippen molar-refractivity contribution in [3.8, 4) is 11.5 Å². The van der Waals surface area contributed by atoms with Gasteiger partial charge in [-0.2, -0.15) is 11.3 Å². The Morgan fingerprint density at radius 2 is 2.35 bits per heavy atom. The van der Waals surface area contributed by atoms with Crippen molar-refractivity contribution in [3.63, 3.8) is 0 Å². The summed E-state index contributed by atoms with van der Waals surface area (Å²) in [5, 5.41) is 4.12. The summed E-state index contributed by atoms with van der Waals surface area (Å²) in [6, 6.07) is 6.25. The molecule has 0 amide bonds. The minimum absolute atomic E-state index is 0.576. The third kappa shape index (κ3) is 3.07. The Morgan fingerprint density at radius 3 is 3.13 bits per heavy atom. The number of hydrogen-bond acceptors (Lipinski definition) is 5. The summed E-state index contributed by atoms with van der Waals surface area (Å²) in [7, 11) is 0. The van der Waals surface area contributed by atoms with Crippen LogP contribution in [0.2, 0.25) is 0 Å². The van der Waals surface area contributed by atoms with Gasteiger partial charge in [0.05, 0.1) is 5.69 Å². The molecule has 1 aliphatic rings. The molecule has 0 bridgehead atoms. The number of aryl methyl sites for hydroxylation is 1. The summed E-state index contributed by atoms with van der Waals surface area (Å²) in [4.78, 5) is 11.4. The number of nitrogens with zero attached hydrogens (tertiary/aromatic N) is 3. The Labute approximate surface area is 139 Å². The molecule has 23 heavy (non-hydrogen) atoms. The maximum atomic E-state index is 5.84. The molecule has 1 fully saturated rings. The molecule has 0 spiro atoms. The standard InChI is InChI=1S/C18H19N3OS/c1-13-17(20-18(22-13)16-5-8-23-12-16)11-21-7-4-15(10-21)14-3-2-6-19-9-14/h2-3,5-6,8-9,12,15H,4,7,10-11H2,1H3. The largest absolute Gasteiger partial charge is 0.441 e. The number of thiophene rings is 1. The summed E-state index contributed by atoms with van der Waals surface area (Å²) < 4.78 is 5.84. The van der Waals surface area contributed by atoms with Crippen LogP contribution in [0.5, 0.6) is 0 Å². The minimum atomic E-state index is 0.576. The van der Waals surface area contributed by atoms with Gasteiger partial charge in [0.2, 0.25) is 5.89 Å². The Balaban J connectivity index is 1.45. The van der Waals surface area contributed by atoms with Crippen LogP contribution in [-0.4, -0.2) is 28.0 Å². The third-order valence-corrected chi connectivity index (χ3v) is 5.15. The first-order chi connectivity index (χ1) is 11.3. The molecule has 1 aliphatic heterocycles. The number of rotatable bonds is 4. The molecule has 4 rings (SSSR count). The Kier molecular flexibility index (Phi) is 3.97. The van der Waals surface area contributed by atoms with Crippen molar-refractivity contribution in [3.05, 3.63) is 58.4 Å². The molecule has 5 heteroatoms. The van der Waals surface area contributed by atoms with Gasteiger partial charge in [-0.15, -0.1) is 0 Å². The van der Waals surface area contributed by atoms with Crippen LogP contribution < -0.4 is 0 Å². The lowest BCUT2D eigenvalue weighted by molar-refractivity contribution is 0.321. The number of hydrogen-bond donors (Lipinski definition) is 0. The van der Waals surface area contributed by atoms with Gasteiger partial charge in [0.15, 0.2) is 0 Å². The zero-order chi connectivity index (χ0) is 15.6. The van der Waals surface area contributed by atoms with E-state index in [9.17, 15) is 0 Å². The molecule has 3 aromatic heterocycles. The van der Waals surface area contributed by atoms with Gasteiger partial charge in [-0.3, -0.25) is 9.88 Å². The highest BCUT2D eigenvalue weighted by Gasteiger charge is 2.25. The molecule has 1 atom stereocenters. The van der Waals surface area contributed by atoms with Crippen LogP contribution >= 0.6 is 11.3 Å². The van der Waals surface area contributed by atoms with Crippen LogP contribution in [-0.2, 0) is 6.54 Å². The van der Waals surface area contributed by atoms with Gasteiger partial charge >= 0.3 is 0 Å². The topological polar surface area (TPSA) is 42.2 Å². The van der Waals surface area contributed by atoms with E-state index in [0.717, 1.165) is 42.5 Å². The highest BCUT2D eigenvalue weighted by Crippen LogP contribution is 2.29. The zero-order valence-corrected chi connectivity index (χ0v) is 13.9. The SMILES string of the molecule is Cc1oc(-c2ccsc2)nc1CN1CCC(c2cccnc2)C1. The number of likely N-dealkylation sites (tertiary alicyclic amines) is 1. The molecule has 3 aromatic rings. The second kappa shape index (κ2) is 6.26. The average molecular weight is 325 g/mol. The van der Waals surface area contributed by atoms with Gasteiger partial charge < -0.3 is 4.42 Å². The number of pyridine rings is 1. The first-order valence-electron chi connectivity index (χ1n) is 7.91. The lowest BCUT2D eigenvalue weighted by atomic mass is 10.0. The second-order valence-electron chi connectivity index (χ2n) is 6.04. The van der Waals surface area contributed by atoms with Gasteiger partial charge in [0.25, 0.3) is 0 Å². The molecular formula is C18H19N3OS. The summed E-state index contributed by atoms with van der Waals surface area (Å²) in [6.45, 7) is 5.02. The van der Waals surface area contributed by atoms with Crippen LogP contribution in [0, 0.1) is 6.92 Å². The summed E-state index contributed by atoms with van der Waals surface area (Å²) in [5.74, 6) is 2.24. The molecule has 0 N–H and O–H groups in total. The predicted octanol–water partition coefficient (Wildman–Crippen LogP) is 4.10. The van der Waals surface area contributed by atoms with E-state index in [0.29, 0.717) is 5.92 Å². The molecule has 4 heterocycles. The van der Waals surface area contributed by atoms with Crippen LogP contribution in [0.1, 0.15) is 29.4 Å². The zero-order valence-electron chi connectivity index (χ0n) is 13.1. The lowest BCUT2D eigenvalue weighted by Gasteiger charge is -2.14. The van der Waals surface area contributed by atoms with Crippen molar-refractivity contribution < 1.29 is 4.42 Å². The molecule has 118 valence electrons. The Hall–Kier alpha value is -1.98. The molecular weight excluding hydrogens is 306 g/mol. The fraction of sp³-hybridized carbons (Fsp3) is 0.333. The quantitative estimate of drug-likeness (QED) is 0.724. The van der Waals surface area contributed by atoms with Crippen molar-refractivity contribution >= 4 is 11.3 Å². The van der Waals surface area contributed by atoms with Crippen LogP contribution in [0.3, 0.4) is 0 Å². The van der Waals surface area contributed by atoms with E-state index < -0.39 is 0 Å². The molecule has 0 aliphatic carbocycles.